The van der Waals surface area contributed by atoms with Crippen molar-refractivity contribution in [3.8, 4) is 0 Å². The van der Waals surface area contributed by atoms with Crippen molar-refractivity contribution in [2.24, 2.45) is 10.2 Å². The first kappa shape index (κ1) is 12.7. The number of carbonyl (C=O) groups is 1. The van der Waals surface area contributed by atoms with Crippen molar-refractivity contribution >= 4 is 11.8 Å². The van der Waals surface area contributed by atoms with E-state index in [1.807, 2.05) is 6.92 Å². The zero-order valence-corrected chi connectivity index (χ0v) is 8.49. The fourth-order valence-electron chi connectivity index (χ4n) is 0.881. The van der Waals surface area contributed by atoms with Gasteiger partial charge in [0.05, 0.1) is 6.54 Å². The Bertz CT molecular complexity index is 214. The third-order valence-electron chi connectivity index (χ3n) is 1.58. The highest BCUT2D eigenvalue weighted by Gasteiger charge is 1.95. The maximum atomic E-state index is 10.1. The van der Waals surface area contributed by atoms with Crippen LogP contribution in [0.2, 0.25) is 0 Å². The average Bonchev–Trinajstić information content (AvgIpc) is 2.11. The maximum absolute atomic E-state index is 10.1. The number of nitrogens with zero attached hydrogens (tertiary/aromatic N) is 2. The van der Waals surface area contributed by atoms with Crippen LogP contribution >= 0.6 is 0 Å². The topological polar surface area (TPSA) is 85.9 Å². The molecule has 0 aliphatic carbocycles. The van der Waals surface area contributed by atoms with E-state index in [9.17, 15) is 4.79 Å². The molecule has 0 amide bonds. The molecule has 2 N–H and O–H groups in total. The van der Waals surface area contributed by atoms with Crippen molar-refractivity contribution in [3.05, 3.63) is 0 Å². The molecule has 14 heavy (non-hydrogen) atoms. The molecule has 0 saturated carbocycles. The van der Waals surface area contributed by atoms with E-state index in [0.29, 0.717) is 25.2 Å². The SMILES string of the molecule is CCCC(=N)N=NCCCCC(=O)O. The summed E-state index contributed by atoms with van der Waals surface area (Å²) < 4.78 is 0. The fraction of sp³-hybridized carbons (Fsp3) is 0.778. The number of hydrogen-bond acceptors (Lipinski definition) is 3. The molecule has 0 unspecified atom stereocenters. The first-order valence-electron chi connectivity index (χ1n) is 4.83. The number of nitrogens with one attached hydrogen (secondary N) is 1. The Morgan fingerprint density at radius 1 is 1.36 bits per heavy atom. The zero-order chi connectivity index (χ0) is 10.8. The van der Waals surface area contributed by atoms with Crippen molar-refractivity contribution in [3.63, 3.8) is 0 Å². The average molecular weight is 199 g/mol. The van der Waals surface area contributed by atoms with Gasteiger partial charge in [0.15, 0.2) is 0 Å². The standard InChI is InChI=1S/C9H17N3O2/c1-2-5-8(10)12-11-7-4-3-6-9(13)14/h10H,2-7H2,1H3,(H,13,14). The predicted molar refractivity (Wildman–Crippen MR) is 53.8 cm³/mol. The van der Waals surface area contributed by atoms with E-state index in [1.165, 1.54) is 0 Å². The van der Waals surface area contributed by atoms with Crippen LogP contribution in [-0.4, -0.2) is 23.5 Å². The Morgan fingerprint density at radius 2 is 2.07 bits per heavy atom. The summed E-state index contributed by atoms with van der Waals surface area (Å²) in [6.07, 6.45) is 3.07. The highest BCUT2D eigenvalue weighted by atomic mass is 16.4. The van der Waals surface area contributed by atoms with E-state index < -0.39 is 5.97 Å². The molecular weight excluding hydrogens is 182 g/mol. The molecule has 0 rings (SSSR count). The Morgan fingerprint density at radius 3 is 2.64 bits per heavy atom. The molecule has 0 aliphatic heterocycles. The predicted octanol–water partition coefficient (Wildman–Crippen LogP) is 2.47. The molecule has 0 heterocycles. The van der Waals surface area contributed by atoms with Gasteiger partial charge in [0.1, 0.15) is 5.84 Å². The quantitative estimate of drug-likeness (QED) is 0.285. The Kier molecular flexibility index (Phi) is 7.59. The Balaban J connectivity index is 3.35. The zero-order valence-electron chi connectivity index (χ0n) is 8.49. The molecule has 0 aromatic heterocycles. The van der Waals surface area contributed by atoms with Gasteiger partial charge < -0.3 is 5.11 Å². The minimum Gasteiger partial charge on any atom is -0.481 e. The van der Waals surface area contributed by atoms with Gasteiger partial charge in [-0.15, -0.1) is 5.11 Å². The monoisotopic (exact) mass is 199 g/mol. The van der Waals surface area contributed by atoms with Gasteiger partial charge >= 0.3 is 5.97 Å². The van der Waals surface area contributed by atoms with E-state index in [2.05, 4.69) is 10.2 Å². The molecule has 0 aromatic carbocycles. The molecule has 80 valence electrons. The van der Waals surface area contributed by atoms with E-state index in [-0.39, 0.29) is 6.42 Å². The largest absolute Gasteiger partial charge is 0.481 e. The van der Waals surface area contributed by atoms with Crippen molar-refractivity contribution in [2.75, 3.05) is 6.54 Å². The van der Waals surface area contributed by atoms with Gasteiger partial charge in [0.2, 0.25) is 0 Å². The van der Waals surface area contributed by atoms with E-state index >= 15 is 0 Å². The number of rotatable bonds is 7. The third kappa shape index (κ3) is 8.83. The molecular formula is C9H17N3O2. The lowest BCUT2D eigenvalue weighted by Crippen LogP contribution is -1.94. The van der Waals surface area contributed by atoms with Gasteiger partial charge in [0.25, 0.3) is 0 Å². The number of hydrogen-bond donors (Lipinski definition) is 2. The van der Waals surface area contributed by atoms with Gasteiger partial charge in [-0.25, -0.2) is 0 Å². The lowest BCUT2D eigenvalue weighted by atomic mass is 10.2. The fourth-order valence-corrected chi connectivity index (χ4v) is 0.881. The normalized spacial score (nSPS) is 10.6. The lowest BCUT2D eigenvalue weighted by molar-refractivity contribution is -0.137. The van der Waals surface area contributed by atoms with Crippen molar-refractivity contribution in [2.45, 2.75) is 39.0 Å². The van der Waals surface area contributed by atoms with E-state index in [0.717, 1.165) is 12.8 Å². The molecule has 0 spiro atoms. The summed E-state index contributed by atoms with van der Waals surface area (Å²) in [4.78, 5) is 10.1. The first-order chi connectivity index (χ1) is 6.66. The van der Waals surface area contributed by atoms with Crippen molar-refractivity contribution in [1.29, 1.82) is 5.41 Å². The summed E-state index contributed by atoms with van der Waals surface area (Å²) in [5, 5.41) is 23.1. The summed E-state index contributed by atoms with van der Waals surface area (Å²) in [6.45, 7) is 2.50. The van der Waals surface area contributed by atoms with E-state index in [1.54, 1.807) is 0 Å². The number of unbranched alkanes of at least 4 members (excludes halogenated alkanes) is 1. The number of carboxylic acid groups (broad SMARTS) is 1. The summed E-state index contributed by atoms with van der Waals surface area (Å²) in [5.74, 6) is -0.480. The molecule has 0 bridgehead atoms. The highest BCUT2D eigenvalue weighted by Crippen LogP contribution is 1.97. The Labute approximate surface area is 83.7 Å². The third-order valence-corrected chi connectivity index (χ3v) is 1.58. The molecule has 5 heteroatoms. The van der Waals surface area contributed by atoms with Crippen LogP contribution in [0, 0.1) is 5.41 Å². The summed E-state index contributed by atoms with van der Waals surface area (Å²) in [6, 6.07) is 0. The molecule has 5 nitrogen and oxygen atoms in total. The molecule has 0 aliphatic rings. The van der Waals surface area contributed by atoms with Crippen LogP contribution in [0.25, 0.3) is 0 Å². The number of azo groups is 1. The minimum atomic E-state index is -0.777. The van der Waals surface area contributed by atoms with Gasteiger partial charge in [-0.2, -0.15) is 5.11 Å². The second kappa shape index (κ2) is 8.34. The van der Waals surface area contributed by atoms with Crippen LogP contribution in [-0.2, 0) is 4.79 Å². The number of amidine groups is 1. The molecule has 0 saturated heterocycles. The van der Waals surface area contributed by atoms with Crippen molar-refractivity contribution < 1.29 is 9.90 Å². The van der Waals surface area contributed by atoms with Gasteiger partial charge in [-0.05, 0) is 19.3 Å². The van der Waals surface area contributed by atoms with Gasteiger partial charge in [0, 0.05) is 12.8 Å². The van der Waals surface area contributed by atoms with Gasteiger partial charge in [-0.3, -0.25) is 10.2 Å². The second-order valence-corrected chi connectivity index (χ2v) is 3.01. The molecule has 0 radical (unpaired) electrons. The smallest absolute Gasteiger partial charge is 0.303 e. The van der Waals surface area contributed by atoms with E-state index in [4.69, 9.17) is 10.5 Å². The lowest BCUT2D eigenvalue weighted by Gasteiger charge is -1.93. The minimum absolute atomic E-state index is 0.182. The molecule has 0 fully saturated rings. The first-order valence-corrected chi connectivity index (χ1v) is 4.83. The van der Waals surface area contributed by atoms with Crippen LogP contribution in [0.3, 0.4) is 0 Å². The Hall–Kier alpha value is -1.26. The van der Waals surface area contributed by atoms with Crippen LogP contribution in [0.4, 0.5) is 0 Å². The molecule has 0 aromatic rings. The second-order valence-electron chi connectivity index (χ2n) is 3.01. The van der Waals surface area contributed by atoms with Crippen LogP contribution in [0.15, 0.2) is 10.2 Å². The maximum Gasteiger partial charge on any atom is 0.303 e. The summed E-state index contributed by atoms with van der Waals surface area (Å²) in [5.41, 5.74) is 0. The van der Waals surface area contributed by atoms with Crippen LogP contribution in [0.1, 0.15) is 39.0 Å². The van der Waals surface area contributed by atoms with Crippen molar-refractivity contribution in [1.82, 2.24) is 0 Å². The molecule has 0 atom stereocenters. The van der Waals surface area contributed by atoms with Crippen LogP contribution in [0.5, 0.6) is 0 Å². The van der Waals surface area contributed by atoms with Gasteiger partial charge in [-0.1, -0.05) is 6.92 Å². The highest BCUT2D eigenvalue weighted by molar-refractivity contribution is 5.79. The van der Waals surface area contributed by atoms with Crippen LogP contribution < -0.4 is 0 Å². The number of carboxylic acids is 1. The number of aliphatic carboxylic acids is 1. The summed E-state index contributed by atoms with van der Waals surface area (Å²) in [7, 11) is 0. The summed E-state index contributed by atoms with van der Waals surface area (Å²) >= 11 is 0.